The van der Waals surface area contributed by atoms with E-state index in [0.29, 0.717) is 6.54 Å². The van der Waals surface area contributed by atoms with Gasteiger partial charge in [0.25, 0.3) is 0 Å². The summed E-state index contributed by atoms with van der Waals surface area (Å²) in [5, 5.41) is 6.65. The molecule has 0 aromatic carbocycles. The van der Waals surface area contributed by atoms with Gasteiger partial charge < -0.3 is 15.1 Å². The molecule has 0 bridgehead atoms. The van der Waals surface area contributed by atoms with Crippen molar-refractivity contribution >= 4 is 11.6 Å². The Morgan fingerprint density at radius 1 is 1.05 bits per heavy atom. The molecule has 5 nitrogen and oxygen atoms in total. The number of hydrogen-bond acceptors (Lipinski definition) is 5. The Morgan fingerprint density at radius 3 is 2.35 bits per heavy atom. The fraction of sp³-hybridized carbons (Fsp3) is 0.467. The molecule has 0 spiro atoms. The Kier molecular flexibility index (Phi) is 4.61. The predicted octanol–water partition coefficient (Wildman–Crippen LogP) is 3.43. The van der Waals surface area contributed by atoms with Crippen LogP contribution in [0.3, 0.4) is 0 Å². The molecule has 0 saturated heterocycles. The first kappa shape index (κ1) is 14.4. The first-order valence-corrected chi connectivity index (χ1v) is 6.98. The standard InChI is InChI=1S/C15H22N4O/c1-5-8-16-14-11(3)15(19-12(4)18-14)17-9-13-7-6-10(2)20-13/h6-7H,5,8-9H2,1-4H3,(H2,16,17,18,19). The maximum Gasteiger partial charge on any atom is 0.135 e. The first-order valence-electron chi connectivity index (χ1n) is 6.98. The predicted molar refractivity (Wildman–Crippen MR) is 81.1 cm³/mol. The van der Waals surface area contributed by atoms with Crippen LogP contribution in [-0.2, 0) is 6.54 Å². The van der Waals surface area contributed by atoms with E-state index in [4.69, 9.17) is 4.42 Å². The average molecular weight is 274 g/mol. The minimum absolute atomic E-state index is 0.623. The molecule has 2 N–H and O–H groups in total. The molecule has 0 saturated carbocycles. The number of furan rings is 1. The molecule has 2 aromatic heterocycles. The highest BCUT2D eigenvalue weighted by Gasteiger charge is 2.09. The van der Waals surface area contributed by atoms with Gasteiger partial charge >= 0.3 is 0 Å². The zero-order valence-corrected chi connectivity index (χ0v) is 12.6. The highest BCUT2D eigenvalue weighted by molar-refractivity contribution is 5.57. The molecule has 108 valence electrons. The number of aromatic nitrogens is 2. The van der Waals surface area contributed by atoms with Gasteiger partial charge in [0.15, 0.2) is 0 Å². The smallest absolute Gasteiger partial charge is 0.135 e. The second-order valence-electron chi connectivity index (χ2n) is 4.89. The Hall–Kier alpha value is -2.04. The van der Waals surface area contributed by atoms with Crippen molar-refractivity contribution < 1.29 is 4.42 Å². The number of nitrogens with one attached hydrogen (secondary N) is 2. The maximum atomic E-state index is 5.55. The largest absolute Gasteiger partial charge is 0.465 e. The number of nitrogens with zero attached hydrogens (tertiary/aromatic N) is 2. The normalized spacial score (nSPS) is 10.6. The lowest BCUT2D eigenvalue weighted by atomic mass is 10.3. The monoisotopic (exact) mass is 274 g/mol. The second-order valence-corrected chi connectivity index (χ2v) is 4.89. The van der Waals surface area contributed by atoms with Crippen LogP contribution < -0.4 is 10.6 Å². The summed E-state index contributed by atoms with van der Waals surface area (Å²) in [5.74, 6) is 4.33. The second kappa shape index (κ2) is 6.41. The van der Waals surface area contributed by atoms with Crippen molar-refractivity contribution in [3.05, 3.63) is 35.0 Å². The molecule has 2 aromatic rings. The van der Waals surface area contributed by atoms with Crippen LogP contribution in [-0.4, -0.2) is 16.5 Å². The zero-order valence-electron chi connectivity index (χ0n) is 12.6. The van der Waals surface area contributed by atoms with Gasteiger partial charge in [0, 0.05) is 12.1 Å². The SMILES string of the molecule is CCCNc1nc(C)nc(NCc2ccc(C)o2)c1C. The lowest BCUT2D eigenvalue weighted by molar-refractivity contribution is 0.490. The van der Waals surface area contributed by atoms with Crippen LogP contribution in [0.4, 0.5) is 11.6 Å². The number of rotatable bonds is 6. The minimum atomic E-state index is 0.623. The van der Waals surface area contributed by atoms with E-state index in [1.807, 2.05) is 32.9 Å². The summed E-state index contributed by atoms with van der Waals surface area (Å²) >= 11 is 0. The van der Waals surface area contributed by atoms with Crippen LogP contribution >= 0.6 is 0 Å². The van der Waals surface area contributed by atoms with E-state index >= 15 is 0 Å². The maximum absolute atomic E-state index is 5.55. The van der Waals surface area contributed by atoms with Crippen LogP contribution in [0.15, 0.2) is 16.5 Å². The Morgan fingerprint density at radius 2 is 1.75 bits per heavy atom. The molecule has 0 aliphatic heterocycles. The average Bonchev–Trinajstić information content (AvgIpc) is 2.83. The van der Waals surface area contributed by atoms with Crippen molar-refractivity contribution in [3.8, 4) is 0 Å². The topological polar surface area (TPSA) is 63.0 Å². The highest BCUT2D eigenvalue weighted by Crippen LogP contribution is 2.20. The number of anilines is 2. The van der Waals surface area contributed by atoms with E-state index in [1.54, 1.807) is 0 Å². The van der Waals surface area contributed by atoms with Gasteiger partial charge in [-0.15, -0.1) is 0 Å². The van der Waals surface area contributed by atoms with E-state index in [9.17, 15) is 0 Å². The van der Waals surface area contributed by atoms with Crippen LogP contribution in [0.1, 0.15) is 36.3 Å². The molecule has 0 atom stereocenters. The summed E-state index contributed by atoms with van der Waals surface area (Å²) in [7, 11) is 0. The van der Waals surface area contributed by atoms with Gasteiger partial charge in [-0.05, 0) is 39.3 Å². The van der Waals surface area contributed by atoms with Gasteiger partial charge in [0.1, 0.15) is 29.0 Å². The molecule has 0 fully saturated rings. The van der Waals surface area contributed by atoms with E-state index in [0.717, 1.165) is 47.5 Å². The van der Waals surface area contributed by atoms with E-state index < -0.39 is 0 Å². The molecular weight excluding hydrogens is 252 g/mol. The summed E-state index contributed by atoms with van der Waals surface area (Å²) in [6, 6.07) is 3.94. The molecule has 2 heterocycles. The molecule has 20 heavy (non-hydrogen) atoms. The molecule has 0 amide bonds. The molecule has 0 radical (unpaired) electrons. The summed E-state index contributed by atoms with van der Waals surface area (Å²) in [6.45, 7) is 9.53. The molecule has 5 heteroatoms. The summed E-state index contributed by atoms with van der Waals surface area (Å²) in [6.07, 6.45) is 1.07. The van der Waals surface area contributed by atoms with Crippen LogP contribution in [0.25, 0.3) is 0 Å². The molecule has 0 aliphatic rings. The van der Waals surface area contributed by atoms with Gasteiger partial charge in [0.2, 0.25) is 0 Å². The molecule has 0 aliphatic carbocycles. The molecule has 2 rings (SSSR count). The van der Waals surface area contributed by atoms with Crippen molar-refractivity contribution in [2.45, 2.75) is 40.7 Å². The Balaban J connectivity index is 2.12. The lowest BCUT2D eigenvalue weighted by Crippen LogP contribution is -2.10. The molecule has 0 unspecified atom stereocenters. The summed E-state index contributed by atoms with van der Waals surface area (Å²) in [4.78, 5) is 8.90. The van der Waals surface area contributed by atoms with Gasteiger partial charge in [0.05, 0.1) is 6.54 Å². The number of aryl methyl sites for hydroxylation is 2. The van der Waals surface area contributed by atoms with Crippen LogP contribution in [0, 0.1) is 20.8 Å². The number of hydrogen-bond donors (Lipinski definition) is 2. The van der Waals surface area contributed by atoms with E-state index in [-0.39, 0.29) is 0 Å². The van der Waals surface area contributed by atoms with Crippen molar-refractivity contribution in [1.29, 1.82) is 0 Å². The van der Waals surface area contributed by atoms with Gasteiger partial charge in [-0.25, -0.2) is 9.97 Å². The van der Waals surface area contributed by atoms with Crippen molar-refractivity contribution in [2.24, 2.45) is 0 Å². The van der Waals surface area contributed by atoms with Gasteiger partial charge in [-0.2, -0.15) is 0 Å². The fourth-order valence-electron chi connectivity index (χ4n) is 1.97. The van der Waals surface area contributed by atoms with Crippen molar-refractivity contribution in [2.75, 3.05) is 17.2 Å². The molecular formula is C15H22N4O. The Bertz CT molecular complexity index is 577. The summed E-state index contributed by atoms with van der Waals surface area (Å²) in [5.41, 5.74) is 1.03. The van der Waals surface area contributed by atoms with Gasteiger partial charge in [-0.1, -0.05) is 6.92 Å². The van der Waals surface area contributed by atoms with Crippen molar-refractivity contribution in [3.63, 3.8) is 0 Å². The van der Waals surface area contributed by atoms with Crippen LogP contribution in [0.2, 0.25) is 0 Å². The quantitative estimate of drug-likeness (QED) is 0.845. The third-order valence-electron chi connectivity index (χ3n) is 3.03. The zero-order chi connectivity index (χ0) is 14.5. The Labute approximate surface area is 119 Å². The lowest BCUT2D eigenvalue weighted by Gasteiger charge is -2.13. The highest BCUT2D eigenvalue weighted by atomic mass is 16.3. The first-order chi connectivity index (χ1) is 9.60. The summed E-state index contributed by atoms with van der Waals surface area (Å²) < 4.78 is 5.55. The fourth-order valence-corrected chi connectivity index (χ4v) is 1.97. The minimum Gasteiger partial charge on any atom is -0.465 e. The van der Waals surface area contributed by atoms with Crippen molar-refractivity contribution in [1.82, 2.24) is 9.97 Å². The van der Waals surface area contributed by atoms with Gasteiger partial charge in [-0.3, -0.25) is 0 Å². The van der Waals surface area contributed by atoms with Crippen LogP contribution in [0.5, 0.6) is 0 Å². The third kappa shape index (κ3) is 3.50. The third-order valence-corrected chi connectivity index (χ3v) is 3.03. The van der Waals surface area contributed by atoms with E-state index in [2.05, 4.69) is 27.5 Å². The van der Waals surface area contributed by atoms with E-state index in [1.165, 1.54) is 0 Å².